The largest absolute Gasteiger partial charge is 0.340 e. The monoisotopic (exact) mass is 447 g/mol. The minimum Gasteiger partial charge on any atom is -0.340 e. The Morgan fingerprint density at radius 1 is 1.35 bits per heavy atom. The van der Waals surface area contributed by atoms with Crippen LogP contribution in [-0.2, 0) is 25.0 Å². The van der Waals surface area contributed by atoms with E-state index in [-0.39, 0.29) is 11.5 Å². The first-order chi connectivity index (χ1) is 14.6. The first kappa shape index (κ1) is 20.9. The summed E-state index contributed by atoms with van der Waals surface area (Å²) in [5, 5.41) is 13.6. The van der Waals surface area contributed by atoms with Crippen molar-refractivity contribution in [1.29, 1.82) is 0 Å². The number of carbonyl (C=O) groups excluding carboxylic acids is 3. The van der Waals surface area contributed by atoms with Gasteiger partial charge in [0.15, 0.2) is 9.84 Å². The number of nitrogens with one attached hydrogen (secondary N) is 1. The molecule has 4 rings (SSSR count). The van der Waals surface area contributed by atoms with E-state index in [0.717, 1.165) is 4.90 Å². The predicted molar refractivity (Wildman–Crippen MR) is 107 cm³/mol. The van der Waals surface area contributed by atoms with Gasteiger partial charge in [0.05, 0.1) is 17.2 Å². The van der Waals surface area contributed by atoms with E-state index in [1.807, 2.05) is 0 Å². The second-order valence-corrected chi connectivity index (χ2v) is 10.0. The van der Waals surface area contributed by atoms with Gasteiger partial charge < -0.3 is 10.2 Å². The number of sulfone groups is 1. The van der Waals surface area contributed by atoms with Crippen LogP contribution in [0.4, 0.5) is 4.79 Å². The van der Waals surface area contributed by atoms with Crippen molar-refractivity contribution >= 4 is 27.7 Å². The third kappa shape index (κ3) is 3.76. The number of benzene rings is 1. The number of tetrazole rings is 1. The number of rotatable bonds is 5. The zero-order valence-corrected chi connectivity index (χ0v) is 17.7. The van der Waals surface area contributed by atoms with Gasteiger partial charge in [0.1, 0.15) is 18.4 Å². The van der Waals surface area contributed by atoms with Gasteiger partial charge in [-0.25, -0.2) is 17.9 Å². The quantitative estimate of drug-likeness (QED) is 0.579. The standard InChI is InChI=1S/C18H21N7O5S/c1-18(12-4-3-5-13(8-12)25-11-19-21-22-25)16(27)24(17(28)20-18)9-15(26)23(2)14-6-7-31(29,30)10-14/h3-5,8,11,14H,6-7,9-10H2,1-2H3,(H,20,28)/t14-,18-/m1/s1. The summed E-state index contributed by atoms with van der Waals surface area (Å²) < 4.78 is 24.8. The molecule has 2 atom stereocenters. The number of hydrogen-bond acceptors (Lipinski definition) is 8. The molecule has 2 fully saturated rings. The fraction of sp³-hybridized carbons (Fsp3) is 0.444. The molecule has 0 saturated carbocycles. The normalized spacial score (nSPS) is 25.0. The third-order valence-corrected chi connectivity index (χ3v) is 7.51. The summed E-state index contributed by atoms with van der Waals surface area (Å²) >= 11 is 0. The Morgan fingerprint density at radius 2 is 2.13 bits per heavy atom. The molecule has 1 aromatic carbocycles. The van der Waals surface area contributed by atoms with Gasteiger partial charge in [-0.1, -0.05) is 12.1 Å². The molecule has 1 N–H and O–H groups in total. The van der Waals surface area contributed by atoms with Crippen LogP contribution in [0.5, 0.6) is 0 Å². The molecular weight excluding hydrogens is 426 g/mol. The highest BCUT2D eigenvalue weighted by atomic mass is 32.2. The van der Waals surface area contributed by atoms with Crippen LogP contribution in [0.25, 0.3) is 5.69 Å². The first-order valence-corrected chi connectivity index (χ1v) is 11.4. The van der Waals surface area contributed by atoms with Crippen LogP contribution in [-0.4, -0.2) is 87.4 Å². The van der Waals surface area contributed by atoms with Crippen molar-refractivity contribution in [2.24, 2.45) is 0 Å². The summed E-state index contributed by atoms with van der Waals surface area (Å²) in [5.74, 6) is -1.17. The van der Waals surface area contributed by atoms with Gasteiger partial charge >= 0.3 is 6.03 Å². The summed E-state index contributed by atoms with van der Waals surface area (Å²) in [6.07, 6.45) is 1.74. The molecule has 13 heteroatoms. The lowest BCUT2D eigenvalue weighted by Crippen LogP contribution is -2.46. The average molecular weight is 447 g/mol. The number of imide groups is 1. The van der Waals surface area contributed by atoms with Crippen molar-refractivity contribution in [1.82, 2.24) is 35.3 Å². The van der Waals surface area contributed by atoms with Crippen molar-refractivity contribution in [3.05, 3.63) is 36.2 Å². The van der Waals surface area contributed by atoms with Gasteiger partial charge in [-0.2, -0.15) is 0 Å². The molecule has 12 nitrogen and oxygen atoms in total. The maximum Gasteiger partial charge on any atom is 0.325 e. The average Bonchev–Trinajstić information content (AvgIpc) is 3.44. The van der Waals surface area contributed by atoms with E-state index in [1.165, 1.54) is 23.0 Å². The van der Waals surface area contributed by atoms with Crippen LogP contribution in [0, 0.1) is 0 Å². The van der Waals surface area contributed by atoms with Gasteiger partial charge in [0.2, 0.25) is 5.91 Å². The maximum absolute atomic E-state index is 13.1. The van der Waals surface area contributed by atoms with Gasteiger partial charge in [0.25, 0.3) is 5.91 Å². The second kappa shape index (κ2) is 7.41. The Hall–Kier alpha value is -3.35. The summed E-state index contributed by atoms with van der Waals surface area (Å²) in [4.78, 5) is 40.5. The number of aromatic nitrogens is 4. The SMILES string of the molecule is CN(C(=O)CN1C(=O)N[C@](C)(c2cccc(-n3cnnn3)c2)C1=O)[C@@H]1CCS(=O)(=O)C1. The van der Waals surface area contributed by atoms with Gasteiger partial charge in [-0.3, -0.25) is 14.5 Å². The van der Waals surface area contributed by atoms with Crippen molar-refractivity contribution in [3.63, 3.8) is 0 Å². The Labute approximate surface area is 178 Å². The molecule has 1 aromatic heterocycles. The molecule has 0 spiro atoms. The van der Waals surface area contributed by atoms with E-state index in [0.29, 0.717) is 17.7 Å². The van der Waals surface area contributed by atoms with E-state index < -0.39 is 45.8 Å². The highest BCUT2D eigenvalue weighted by molar-refractivity contribution is 7.91. The number of likely N-dealkylation sites (N-methyl/N-ethyl adjacent to an activating group) is 1. The van der Waals surface area contributed by atoms with E-state index in [2.05, 4.69) is 20.8 Å². The van der Waals surface area contributed by atoms with Gasteiger partial charge in [0, 0.05) is 13.1 Å². The van der Waals surface area contributed by atoms with Crippen LogP contribution in [0.1, 0.15) is 18.9 Å². The number of hydrogen-bond donors (Lipinski definition) is 1. The first-order valence-electron chi connectivity index (χ1n) is 9.55. The predicted octanol–water partition coefficient (Wildman–Crippen LogP) is -0.925. The topological polar surface area (TPSA) is 147 Å². The Kier molecular flexibility index (Phi) is 5.00. The highest BCUT2D eigenvalue weighted by Gasteiger charge is 2.50. The summed E-state index contributed by atoms with van der Waals surface area (Å²) in [7, 11) is -1.68. The van der Waals surface area contributed by atoms with Crippen molar-refractivity contribution in [2.75, 3.05) is 25.1 Å². The molecular formula is C18H21N7O5S. The Morgan fingerprint density at radius 3 is 2.77 bits per heavy atom. The minimum absolute atomic E-state index is 0.0219. The summed E-state index contributed by atoms with van der Waals surface area (Å²) in [6, 6.07) is 5.66. The van der Waals surface area contributed by atoms with Gasteiger partial charge in [-0.15, -0.1) is 5.10 Å². The van der Waals surface area contributed by atoms with E-state index in [1.54, 1.807) is 31.2 Å². The fourth-order valence-electron chi connectivity index (χ4n) is 3.81. The molecule has 3 heterocycles. The minimum atomic E-state index is -3.17. The van der Waals surface area contributed by atoms with Crippen molar-refractivity contribution < 1.29 is 22.8 Å². The number of amides is 4. The Balaban J connectivity index is 1.52. The molecule has 31 heavy (non-hydrogen) atoms. The van der Waals surface area contributed by atoms with Crippen molar-refractivity contribution in [3.8, 4) is 5.69 Å². The lowest BCUT2D eigenvalue weighted by Gasteiger charge is -2.26. The highest BCUT2D eigenvalue weighted by Crippen LogP contribution is 2.30. The molecule has 4 amide bonds. The molecule has 0 aliphatic carbocycles. The third-order valence-electron chi connectivity index (χ3n) is 5.75. The zero-order chi connectivity index (χ0) is 22.4. The van der Waals surface area contributed by atoms with E-state index >= 15 is 0 Å². The van der Waals surface area contributed by atoms with Crippen LogP contribution in [0.2, 0.25) is 0 Å². The molecule has 2 aromatic rings. The molecule has 0 bridgehead atoms. The maximum atomic E-state index is 13.1. The van der Waals surface area contributed by atoms with Crippen LogP contribution < -0.4 is 5.32 Å². The lowest BCUT2D eigenvalue weighted by atomic mass is 9.91. The molecule has 164 valence electrons. The number of carbonyl (C=O) groups is 3. The van der Waals surface area contributed by atoms with Crippen LogP contribution in [0.15, 0.2) is 30.6 Å². The smallest absolute Gasteiger partial charge is 0.325 e. The van der Waals surface area contributed by atoms with Crippen LogP contribution in [0.3, 0.4) is 0 Å². The number of urea groups is 1. The van der Waals surface area contributed by atoms with E-state index in [4.69, 9.17) is 0 Å². The second-order valence-electron chi connectivity index (χ2n) is 7.81. The lowest BCUT2D eigenvalue weighted by molar-refractivity contribution is -0.139. The molecule has 2 saturated heterocycles. The summed E-state index contributed by atoms with van der Waals surface area (Å²) in [6.45, 7) is 1.09. The van der Waals surface area contributed by atoms with Crippen LogP contribution >= 0.6 is 0 Å². The molecule has 0 radical (unpaired) electrons. The van der Waals surface area contributed by atoms with Crippen molar-refractivity contribution in [2.45, 2.75) is 24.9 Å². The number of nitrogens with zero attached hydrogens (tertiary/aromatic N) is 6. The fourth-order valence-corrected chi connectivity index (χ4v) is 5.58. The molecule has 0 unspecified atom stereocenters. The summed E-state index contributed by atoms with van der Waals surface area (Å²) in [5.41, 5.74) is -0.275. The molecule has 2 aliphatic rings. The zero-order valence-electron chi connectivity index (χ0n) is 16.9. The molecule has 2 aliphatic heterocycles. The van der Waals surface area contributed by atoms with E-state index in [9.17, 15) is 22.8 Å². The Bertz CT molecular complexity index is 1150. The van der Waals surface area contributed by atoms with Gasteiger partial charge in [-0.05, 0) is 41.5 Å².